The number of hydrogen-bond acceptors (Lipinski definition) is 2. The summed E-state index contributed by atoms with van der Waals surface area (Å²) in [5, 5.41) is 0. The van der Waals surface area contributed by atoms with Crippen LogP contribution in [0.2, 0.25) is 0 Å². The van der Waals surface area contributed by atoms with Gasteiger partial charge in [0, 0.05) is 11.9 Å². The fourth-order valence-electron chi connectivity index (χ4n) is 0.896. The molecule has 1 rings (SSSR count). The standard InChI is InChI=1S/C8H8ClF2NO2S/c9-3-4-15(13,14)12-8-5-6(10)1-2-7(8)11/h1-2,5,12H,3-4H2. The van der Waals surface area contributed by atoms with Crippen LogP contribution in [-0.4, -0.2) is 20.1 Å². The molecule has 0 aliphatic heterocycles. The average molecular weight is 256 g/mol. The molecular formula is C8H8ClF2NO2S. The molecule has 0 amide bonds. The van der Waals surface area contributed by atoms with Crippen LogP contribution in [0.4, 0.5) is 14.5 Å². The number of nitrogens with one attached hydrogen (secondary N) is 1. The smallest absolute Gasteiger partial charge is 0.233 e. The van der Waals surface area contributed by atoms with E-state index in [1.54, 1.807) is 0 Å². The Morgan fingerprint density at radius 1 is 1.33 bits per heavy atom. The monoisotopic (exact) mass is 255 g/mol. The second-order valence-electron chi connectivity index (χ2n) is 2.73. The third-order valence-electron chi connectivity index (χ3n) is 1.54. The van der Waals surface area contributed by atoms with Crippen LogP contribution < -0.4 is 4.72 Å². The highest BCUT2D eigenvalue weighted by atomic mass is 35.5. The molecule has 1 aromatic rings. The van der Waals surface area contributed by atoms with Gasteiger partial charge in [-0.25, -0.2) is 17.2 Å². The SMILES string of the molecule is O=S(=O)(CCCl)Nc1cc(F)ccc1F. The van der Waals surface area contributed by atoms with Gasteiger partial charge < -0.3 is 0 Å². The van der Waals surface area contributed by atoms with E-state index in [2.05, 4.69) is 0 Å². The summed E-state index contributed by atoms with van der Waals surface area (Å²) >= 11 is 5.24. The molecule has 1 aromatic carbocycles. The summed E-state index contributed by atoms with van der Waals surface area (Å²) < 4.78 is 50.0. The second-order valence-corrected chi connectivity index (χ2v) is 4.95. The topological polar surface area (TPSA) is 46.2 Å². The Hall–Kier alpha value is -0.880. The van der Waals surface area contributed by atoms with Crippen LogP contribution in [0, 0.1) is 11.6 Å². The predicted octanol–water partition coefficient (Wildman–Crippen LogP) is 1.95. The largest absolute Gasteiger partial charge is 0.280 e. The van der Waals surface area contributed by atoms with Crippen molar-refractivity contribution in [2.24, 2.45) is 0 Å². The lowest BCUT2D eigenvalue weighted by Gasteiger charge is -2.07. The molecule has 0 aliphatic rings. The van der Waals surface area contributed by atoms with E-state index >= 15 is 0 Å². The molecule has 0 atom stereocenters. The lowest BCUT2D eigenvalue weighted by atomic mass is 10.3. The first kappa shape index (κ1) is 12.2. The van der Waals surface area contributed by atoms with Gasteiger partial charge in [-0.05, 0) is 12.1 Å². The van der Waals surface area contributed by atoms with Crippen LogP contribution in [0.1, 0.15) is 0 Å². The molecule has 0 radical (unpaired) electrons. The molecule has 3 nitrogen and oxygen atoms in total. The van der Waals surface area contributed by atoms with Crippen LogP contribution in [-0.2, 0) is 10.0 Å². The number of alkyl halides is 1. The number of rotatable bonds is 4. The van der Waals surface area contributed by atoms with Crippen LogP contribution in [0.5, 0.6) is 0 Å². The van der Waals surface area contributed by atoms with Crippen LogP contribution in [0.3, 0.4) is 0 Å². The lowest BCUT2D eigenvalue weighted by Crippen LogP contribution is -2.18. The molecule has 0 saturated carbocycles. The average Bonchev–Trinajstić information content (AvgIpc) is 2.10. The van der Waals surface area contributed by atoms with Crippen LogP contribution in [0.15, 0.2) is 18.2 Å². The summed E-state index contributed by atoms with van der Waals surface area (Å²) in [7, 11) is -3.71. The molecule has 0 bridgehead atoms. The van der Waals surface area contributed by atoms with E-state index < -0.39 is 27.3 Å². The van der Waals surface area contributed by atoms with Crippen molar-refractivity contribution in [3.8, 4) is 0 Å². The number of sulfonamides is 1. The first-order chi connectivity index (χ1) is 6.94. The first-order valence-electron chi connectivity index (χ1n) is 3.96. The number of hydrogen-bond donors (Lipinski definition) is 1. The van der Waals surface area contributed by atoms with E-state index in [4.69, 9.17) is 11.6 Å². The molecular weight excluding hydrogens is 248 g/mol. The summed E-state index contributed by atoms with van der Waals surface area (Å²) in [5.74, 6) is -2.04. The fraction of sp³-hybridized carbons (Fsp3) is 0.250. The molecule has 0 spiro atoms. The Kier molecular flexibility index (Phi) is 3.87. The molecule has 0 unspecified atom stereocenters. The van der Waals surface area contributed by atoms with Gasteiger partial charge in [0.1, 0.15) is 11.6 Å². The van der Waals surface area contributed by atoms with Gasteiger partial charge in [-0.3, -0.25) is 4.72 Å². The zero-order valence-corrected chi connectivity index (χ0v) is 9.08. The van der Waals surface area contributed by atoms with Gasteiger partial charge in [-0.2, -0.15) is 0 Å². The first-order valence-corrected chi connectivity index (χ1v) is 6.15. The molecule has 0 aliphatic carbocycles. The Bertz CT molecular complexity index is 450. The van der Waals surface area contributed by atoms with Crippen molar-refractivity contribution < 1.29 is 17.2 Å². The van der Waals surface area contributed by atoms with E-state index in [0.29, 0.717) is 0 Å². The maximum atomic E-state index is 13.0. The van der Waals surface area contributed by atoms with Crippen molar-refractivity contribution in [1.82, 2.24) is 0 Å². The highest BCUT2D eigenvalue weighted by Crippen LogP contribution is 2.16. The maximum absolute atomic E-state index is 13.0. The van der Waals surface area contributed by atoms with Gasteiger partial charge in [0.05, 0.1) is 11.4 Å². The number of halogens is 3. The summed E-state index contributed by atoms with van der Waals surface area (Å²) in [6, 6.07) is 2.50. The highest BCUT2D eigenvalue weighted by molar-refractivity contribution is 7.92. The number of anilines is 1. The summed E-state index contributed by atoms with van der Waals surface area (Å²) in [5.41, 5.74) is -0.417. The molecule has 0 fully saturated rings. The predicted molar refractivity (Wildman–Crippen MR) is 54.5 cm³/mol. The van der Waals surface area contributed by atoms with E-state index in [-0.39, 0.29) is 11.6 Å². The zero-order valence-electron chi connectivity index (χ0n) is 7.50. The third-order valence-corrected chi connectivity index (χ3v) is 3.23. The van der Waals surface area contributed by atoms with E-state index in [9.17, 15) is 17.2 Å². The van der Waals surface area contributed by atoms with Crippen molar-refractivity contribution in [3.63, 3.8) is 0 Å². The van der Waals surface area contributed by atoms with Crippen LogP contribution >= 0.6 is 11.6 Å². The van der Waals surface area contributed by atoms with Gasteiger partial charge >= 0.3 is 0 Å². The molecule has 1 N–H and O–H groups in total. The summed E-state index contributed by atoms with van der Waals surface area (Å²) in [6.07, 6.45) is 0. The minimum absolute atomic E-state index is 0.119. The van der Waals surface area contributed by atoms with Crippen molar-refractivity contribution in [2.75, 3.05) is 16.4 Å². The van der Waals surface area contributed by atoms with Gasteiger partial charge in [-0.1, -0.05) is 0 Å². The maximum Gasteiger partial charge on any atom is 0.233 e. The van der Waals surface area contributed by atoms with E-state index in [0.717, 1.165) is 18.2 Å². The van der Waals surface area contributed by atoms with Gasteiger partial charge in [0.25, 0.3) is 0 Å². The Morgan fingerprint density at radius 3 is 2.60 bits per heavy atom. The summed E-state index contributed by atoms with van der Waals surface area (Å²) in [4.78, 5) is 0. The van der Waals surface area contributed by atoms with E-state index in [1.165, 1.54) is 0 Å². The number of benzene rings is 1. The highest BCUT2D eigenvalue weighted by Gasteiger charge is 2.12. The lowest BCUT2D eigenvalue weighted by molar-refractivity contribution is 0.595. The third kappa shape index (κ3) is 3.64. The van der Waals surface area contributed by atoms with Gasteiger partial charge in [0.15, 0.2) is 0 Å². The molecule has 7 heteroatoms. The van der Waals surface area contributed by atoms with Crippen molar-refractivity contribution >= 4 is 27.3 Å². The quantitative estimate of drug-likeness (QED) is 0.836. The fourth-order valence-corrected chi connectivity index (χ4v) is 2.30. The van der Waals surface area contributed by atoms with Crippen molar-refractivity contribution in [3.05, 3.63) is 29.8 Å². The Labute approximate surface area is 91.1 Å². The molecule has 15 heavy (non-hydrogen) atoms. The molecule has 0 saturated heterocycles. The van der Waals surface area contributed by atoms with E-state index in [1.807, 2.05) is 4.72 Å². The minimum atomic E-state index is -3.71. The molecule has 0 aromatic heterocycles. The van der Waals surface area contributed by atoms with Crippen LogP contribution in [0.25, 0.3) is 0 Å². The van der Waals surface area contributed by atoms with Crippen molar-refractivity contribution in [2.45, 2.75) is 0 Å². The Morgan fingerprint density at radius 2 is 2.00 bits per heavy atom. The second kappa shape index (κ2) is 4.76. The normalized spacial score (nSPS) is 11.4. The van der Waals surface area contributed by atoms with Gasteiger partial charge in [-0.15, -0.1) is 11.6 Å². The van der Waals surface area contributed by atoms with Crippen molar-refractivity contribution in [1.29, 1.82) is 0 Å². The minimum Gasteiger partial charge on any atom is -0.280 e. The zero-order chi connectivity index (χ0) is 11.5. The van der Waals surface area contributed by atoms with Gasteiger partial charge in [0.2, 0.25) is 10.0 Å². The molecule has 84 valence electrons. The molecule has 0 heterocycles. The Balaban J connectivity index is 2.94. The summed E-state index contributed by atoms with van der Waals surface area (Å²) in [6.45, 7) is 0.